The van der Waals surface area contributed by atoms with Crippen molar-refractivity contribution in [3.05, 3.63) is 45.5 Å². The van der Waals surface area contributed by atoms with Gasteiger partial charge in [-0.2, -0.15) is 0 Å². The molecule has 4 fully saturated rings. The van der Waals surface area contributed by atoms with Gasteiger partial charge in [0.1, 0.15) is 0 Å². The molecule has 7 nitrogen and oxygen atoms in total. The molecule has 4 aliphatic carbocycles. The number of rotatable bonds is 7. The second kappa shape index (κ2) is 10.9. The highest BCUT2D eigenvalue weighted by Gasteiger charge is 2.71. The van der Waals surface area contributed by atoms with E-state index in [1.54, 1.807) is 12.1 Å². The number of non-ortho nitro benzene ring substituents is 1. The van der Waals surface area contributed by atoms with E-state index in [0.29, 0.717) is 25.7 Å². The molecule has 4 N–H and O–H groups in total. The molecule has 0 bridgehead atoms. The number of aliphatic hydroxyl groups is 4. The largest absolute Gasteiger partial charge is 0.393 e. The second-order valence-electron chi connectivity index (χ2n) is 17.5. The third-order valence-electron chi connectivity index (χ3n) is 13.9. The summed E-state index contributed by atoms with van der Waals surface area (Å²) in [7, 11) is 0. The van der Waals surface area contributed by atoms with Crippen molar-refractivity contribution in [2.75, 3.05) is 0 Å². The maximum Gasteiger partial charge on any atom is 0.270 e. The van der Waals surface area contributed by atoms with Crippen LogP contribution in [0.25, 0.3) is 6.08 Å². The van der Waals surface area contributed by atoms with Crippen LogP contribution in [0.2, 0.25) is 0 Å². The molecule has 4 saturated carbocycles. The van der Waals surface area contributed by atoms with Gasteiger partial charge < -0.3 is 20.4 Å². The van der Waals surface area contributed by atoms with Crippen LogP contribution in [0.15, 0.2) is 29.8 Å². The van der Waals surface area contributed by atoms with Gasteiger partial charge >= 0.3 is 0 Å². The third-order valence-corrected chi connectivity index (χ3v) is 13.9. The Kier molecular flexibility index (Phi) is 8.30. The predicted octanol–water partition coefficient (Wildman–Crippen LogP) is 7.30. The minimum absolute atomic E-state index is 0.00144. The molecular weight excluding hydrogens is 554 g/mol. The van der Waals surface area contributed by atoms with E-state index in [-0.39, 0.29) is 50.5 Å². The molecule has 0 radical (unpaired) electrons. The molecule has 1 aromatic carbocycles. The number of nitro benzene ring substituents is 1. The zero-order valence-electron chi connectivity index (χ0n) is 28.3. The molecule has 1 aromatic rings. The molecule has 0 spiro atoms. The Balaban J connectivity index is 1.49. The zero-order valence-corrected chi connectivity index (χ0v) is 28.3. The van der Waals surface area contributed by atoms with E-state index < -0.39 is 28.8 Å². The first kappa shape index (κ1) is 33.6. The SMILES string of the molecule is CC(C)(O)CCC[C@@](C)(O)[C@H]1CC[C@]2(C)[C@@H]1[C@H](O)C[C@@H]1[C@@]3(C)C/C(=C\c4cccc([N+](=O)[O-])c4)[C@H](O)C(C)(C)[C@@H]3CC[C@]12C. The molecule has 0 aliphatic heterocycles. The fourth-order valence-electron chi connectivity index (χ4n) is 11.6. The number of hydrogen-bond donors (Lipinski definition) is 4. The van der Waals surface area contributed by atoms with Crippen molar-refractivity contribution in [2.45, 2.75) is 137 Å². The van der Waals surface area contributed by atoms with Gasteiger partial charge in [-0.1, -0.05) is 52.8 Å². The number of benzene rings is 1. The van der Waals surface area contributed by atoms with E-state index in [1.165, 1.54) is 6.07 Å². The van der Waals surface area contributed by atoms with Crippen molar-refractivity contribution < 1.29 is 25.3 Å². The summed E-state index contributed by atoms with van der Waals surface area (Å²) < 4.78 is 0. The van der Waals surface area contributed by atoms with E-state index in [9.17, 15) is 30.5 Å². The van der Waals surface area contributed by atoms with Crippen molar-refractivity contribution in [3.8, 4) is 0 Å². The van der Waals surface area contributed by atoms with Crippen LogP contribution in [0.4, 0.5) is 5.69 Å². The Morgan fingerprint density at radius 2 is 1.64 bits per heavy atom. The summed E-state index contributed by atoms with van der Waals surface area (Å²) in [4.78, 5) is 11.1. The molecule has 5 rings (SSSR count). The molecular formula is C37H57NO6. The van der Waals surface area contributed by atoms with Crippen molar-refractivity contribution in [3.63, 3.8) is 0 Å². The highest BCUT2D eigenvalue weighted by atomic mass is 16.6. The Bertz CT molecular complexity index is 1300. The standard InChI is InChI=1S/C37H57NO6/c1-32(2,41)15-10-16-37(8,42)26-13-17-36(7)30(26)27(39)21-29-34(5)22-24(19-23-11-9-12-25(20-23)38(43)44)31(40)33(3,4)28(34)14-18-35(29,36)6/h9,11-12,19-20,26-31,39-42H,10,13-18,21-22H2,1-8H3/b24-19+/t26-,27+,28-,29+,30-,31-,34-,35+,36+,37+/m0/s1. The van der Waals surface area contributed by atoms with Gasteiger partial charge in [0.05, 0.1) is 28.3 Å². The average Bonchev–Trinajstić information content (AvgIpc) is 3.29. The van der Waals surface area contributed by atoms with Crippen LogP contribution in [-0.2, 0) is 0 Å². The predicted molar refractivity (Wildman–Crippen MR) is 174 cm³/mol. The topological polar surface area (TPSA) is 124 Å². The summed E-state index contributed by atoms with van der Waals surface area (Å²) in [5, 5.41) is 57.4. The summed E-state index contributed by atoms with van der Waals surface area (Å²) in [6.45, 7) is 17.1. The van der Waals surface area contributed by atoms with Crippen LogP contribution in [0.1, 0.15) is 119 Å². The highest BCUT2D eigenvalue weighted by molar-refractivity contribution is 5.58. The normalized spacial score (nSPS) is 42.2. The van der Waals surface area contributed by atoms with Gasteiger partial charge in [-0.15, -0.1) is 0 Å². The lowest BCUT2D eigenvalue weighted by Crippen LogP contribution is -2.66. The van der Waals surface area contributed by atoms with Gasteiger partial charge in [-0.3, -0.25) is 10.1 Å². The van der Waals surface area contributed by atoms with Crippen molar-refractivity contribution in [2.24, 2.45) is 45.3 Å². The summed E-state index contributed by atoms with van der Waals surface area (Å²) >= 11 is 0. The minimum atomic E-state index is -0.913. The van der Waals surface area contributed by atoms with E-state index in [0.717, 1.165) is 43.2 Å². The number of nitrogens with zero attached hydrogens (tertiary/aromatic N) is 1. The maximum absolute atomic E-state index is 12.1. The first-order chi connectivity index (χ1) is 20.2. The lowest BCUT2D eigenvalue weighted by molar-refractivity contribution is -0.384. The van der Waals surface area contributed by atoms with Crippen LogP contribution in [0.3, 0.4) is 0 Å². The zero-order chi connectivity index (χ0) is 32.7. The van der Waals surface area contributed by atoms with Gasteiger partial charge in [0, 0.05) is 12.1 Å². The molecule has 10 atom stereocenters. The Morgan fingerprint density at radius 3 is 2.27 bits per heavy atom. The average molecular weight is 612 g/mol. The monoisotopic (exact) mass is 611 g/mol. The quantitative estimate of drug-likeness (QED) is 0.190. The van der Waals surface area contributed by atoms with E-state index in [4.69, 9.17) is 0 Å². The van der Waals surface area contributed by atoms with Crippen LogP contribution in [-0.4, -0.2) is 48.8 Å². The summed E-state index contributed by atoms with van der Waals surface area (Å²) in [5.74, 6) is 0.494. The highest BCUT2D eigenvalue weighted by Crippen LogP contribution is 2.76. The summed E-state index contributed by atoms with van der Waals surface area (Å²) in [6, 6.07) is 6.63. The second-order valence-corrected chi connectivity index (χ2v) is 17.5. The van der Waals surface area contributed by atoms with E-state index >= 15 is 0 Å². The number of aliphatic hydroxyl groups excluding tert-OH is 2. The van der Waals surface area contributed by atoms with Gasteiger partial charge in [0.2, 0.25) is 0 Å². The molecule has 0 aromatic heterocycles. The first-order valence-corrected chi connectivity index (χ1v) is 16.9. The molecule has 0 heterocycles. The number of nitro groups is 1. The minimum Gasteiger partial charge on any atom is -0.393 e. The van der Waals surface area contributed by atoms with Gasteiger partial charge in [-0.05, 0) is 135 Å². The Labute approximate surface area is 264 Å². The van der Waals surface area contributed by atoms with Crippen LogP contribution >= 0.6 is 0 Å². The van der Waals surface area contributed by atoms with Gasteiger partial charge in [-0.25, -0.2) is 0 Å². The van der Waals surface area contributed by atoms with Crippen LogP contribution in [0, 0.1) is 55.4 Å². The van der Waals surface area contributed by atoms with Crippen molar-refractivity contribution in [1.82, 2.24) is 0 Å². The molecule has 7 heteroatoms. The van der Waals surface area contributed by atoms with Gasteiger partial charge in [0.15, 0.2) is 0 Å². The third kappa shape index (κ3) is 5.28. The van der Waals surface area contributed by atoms with Crippen LogP contribution < -0.4 is 0 Å². The van der Waals surface area contributed by atoms with Crippen molar-refractivity contribution >= 4 is 11.8 Å². The molecule has 0 amide bonds. The first-order valence-electron chi connectivity index (χ1n) is 16.9. The van der Waals surface area contributed by atoms with Crippen molar-refractivity contribution in [1.29, 1.82) is 0 Å². The maximum atomic E-state index is 12.1. The number of fused-ring (bicyclic) bond motifs is 5. The molecule has 246 valence electrons. The molecule has 4 aliphatic rings. The molecule has 0 unspecified atom stereocenters. The fraction of sp³-hybridized carbons (Fsp3) is 0.784. The number of hydrogen-bond acceptors (Lipinski definition) is 6. The lowest BCUT2D eigenvalue weighted by Gasteiger charge is -2.70. The molecule has 44 heavy (non-hydrogen) atoms. The van der Waals surface area contributed by atoms with E-state index in [2.05, 4.69) is 34.6 Å². The Hall–Kier alpha value is -1.80. The smallest absolute Gasteiger partial charge is 0.270 e. The van der Waals surface area contributed by atoms with E-state index in [1.807, 2.05) is 32.9 Å². The summed E-state index contributed by atoms with van der Waals surface area (Å²) in [6.07, 6.45) is 8.02. The Morgan fingerprint density at radius 1 is 0.977 bits per heavy atom. The van der Waals surface area contributed by atoms with Gasteiger partial charge in [0.25, 0.3) is 5.69 Å². The fourth-order valence-corrected chi connectivity index (χ4v) is 11.6. The summed E-state index contributed by atoms with van der Waals surface area (Å²) in [5.41, 5.74) is -0.749. The lowest BCUT2D eigenvalue weighted by atomic mass is 9.34. The van der Waals surface area contributed by atoms with Crippen LogP contribution in [0.5, 0.6) is 0 Å². The molecule has 0 saturated heterocycles.